The maximum absolute atomic E-state index is 13.0. The molecule has 0 spiro atoms. The number of alkyl halides is 3. The maximum Gasteiger partial charge on any atom is 0.417 e. The molecule has 0 saturated carbocycles. The van der Waals surface area contributed by atoms with Crippen LogP contribution in [0.2, 0.25) is 0 Å². The van der Waals surface area contributed by atoms with E-state index < -0.39 is 32.2 Å². The van der Waals surface area contributed by atoms with E-state index in [2.05, 4.69) is 5.32 Å². The fourth-order valence-electron chi connectivity index (χ4n) is 2.81. The number of rotatable bonds is 4. The smallest absolute Gasteiger partial charge is 0.319 e. The van der Waals surface area contributed by atoms with Crippen LogP contribution in [0.1, 0.15) is 24.0 Å². The van der Waals surface area contributed by atoms with E-state index in [0.29, 0.717) is 24.8 Å². The fourth-order valence-corrected chi connectivity index (χ4v) is 4.30. The standard InChI is InChI=1S/C15H18F3N3O2S.ClH/c1-20-10-11-4-6-21(7-5-11)24(22,23)13-3-2-12(9-19)14(8-13)15(16,17)18;/h2-3,8,11,20H,4-7,10H2,1H3;1H. The van der Waals surface area contributed by atoms with Gasteiger partial charge in [-0.05, 0) is 50.6 Å². The highest BCUT2D eigenvalue weighted by Crippen LogP contribution is 2.34. The number of hydrogen-bond donors (Lipinski definition) is 1. The molecule has 0 aliphatic carbocycles. The van der Waals surface area contributed by atoms with Gasteiger partial charge in [0.15, 0.2) is 0 Å². The molecule has 0 radical (unpaired) electrons. The van der Waals surface area contributed by atoms with Gasteiger partial charge in [0.05, 0.1) is 22.1 Å². The van der Waals surface area contributed by atoms with E-state index in [0.717, 1.165) is 18.7 Å². The van der Waals surface area contributed by atoms with Crippen molar-refractivity contribution >= 4 is 22.4 Å². The maximum atomic E-state index is 13.0. The van der Waals surface area contributed by atoms with Crippen LogP contribution in [0.3, 0.4) is 0 Å². The number of nitrogens with one attached hydrogen (secondary N) is 1. The van der Waals surface area contributed by atoms with Crippen molar-refractivity contribution in [1.82, 2.24) is 9.62 Å². The summed E-state index contributed by atoms with van der Waals surface area (Å²) in [6, 6.07) is 3.96. The molecule has 1 saturated heterocycles. The summed E-state index contributed by atoms with van der Waals surface area (Å²) < 4.78 is 65.4. The van der Waals surface area contributed by atoms with Gasteiger partial charge in [0.2, 0.25) is 10.0 Å². The molecular weight excluding hydrogens is 379 g/mol. The Labute approximate surface area is 151 Å². The van der Waals surface area contributed by atoms with Gasteiger partial charge >= 0.3 is 6.18 Å². The molecule has 10 heteroatoms. The predicted molar refractivity (Wildman–Crippen MR) is 88.8 cm³/mol. The van der Waals surface area contributed by atoms with Crippen LogP contribution in [-0.2, 0) is 16.2 Å². The second-order valence-corrected chi connectivity index (χ2v) is 7.66. The molecule has 1 aromatic rings. The lowest BCUT2D eigenvalue weighted by Gasteiger charge is -2.31. The first-order valence-corrected chi connectivity index (χ1v) is 8.90. The van der Waals surface area contributed by atoms with Gasteiger partial charge in [-0.25, -0.2) is 8.42 Å². The Morgan fingerprint density at radius 1 is 1.32 bits per heavy atom. The van der Waals surface area contributed by atoms with Gasteiger partial charge in [0.25, 0.3) is 0 Å². The minimum atomic E-state index is -4.78. The second-order valence-electron chi connectivity index (χ2n) is 5.72. The van der Waals surface area contributed by atoms with Crippen LogP contribution in [0.25, 0.3) is 0 Å². The van der Waals surface area contributed by atoms with E-state index in [4.69, 9.17) is 5.26 Å². The second kappa shape index (κ2) is 8.36. The van der Waals surface area contributed by atoms with E-state index in [-0.39, 0.29) is 25.5 Å². The largest absolute Gasteiger partial charge is 0.417 e. The molecule has 140 valence electrons. The number of halogens is 4. The van der Waals surface area contributed by atoms with Gasteiger partial charge in [-0.15, -0.1) is 12.4 Å². The molecular formula is C15H19ClF3N3O2S. The monoisotopic (exact) mass is 397 g/mol. The van der Waals surface area contributed by atoms with Crippen LogP contribution in [0.4, 0.5) is 13.2 Å². The first kappa shape index (κ1) is 21.7. The van der Waals surface area contributed by atoms with E-state index >= 15 is 0 Å². The number of piperidine rings is 1. The predicted octanol–water partition coefficient (Wildman–Crippen LogP) is 2.62. The van der Waals surface area contributed by atoms with Crippen molar-refractivity contribution in [2.45, 2.75) is 23.9 Å². The van der Waals surface area contributed by atoms with Crippen molar-refractivity contribution in [1.29, 1.82) is 5.26 Å². The molecule has 1 N–H and O–H groups in total. The molecule has 1 fully saturated rings. The van der Waals surface area contributed by atoms with Gasteiger partial charge in [0, 0.05) is 13.1 Å². The first-order chi connectivity index (χ1) is 11.2. The topological polar surface area (TPSA) is 73.2 Å². The SMILES string of the molecule is CNCC1CCN(S(=O)(=O)c2ccc(C#N)c(C(F)(F)F)c2)CC1.Cl. The average Bonchev–Trinajstić information content (AvgIpc) is 2.54. The number of nitrogens with zero attached hydrogens (tertiary/aromatic N) is 2. The Kier molecular flexibility index (Phi) is 7.26. The average molecular weight is 398 g/mol. The van der Waals surface area contributed by atoms with Crippen molar-refractivity contribution in [3.63, 3.8) is 0 Å². The molecule has 0 atom stereocenters. The molecule has 1 aliphatic heterocycles. The minimum Gasteiger partial charge on any atom is -0.319 e. The van der Waals surface area contributed by atoms with Crippen molar-refractivity contribution in [2.75, 3.05) is 26.7 Å². The molecule has 2 rings (SSSR count). The lowest BCUT2D eigenvalue weighted by molar-refractivity contribution is -0.137. The van der Waals surface area contributed by atoms with Crippen LogP contribution in [0.15, 0.2) is 23.1 Å². The zero-order chi connectivity index (χ0) is 18.0. The molecule has 0 aromatic heterocycles. The summed E-state index contributed by atoms with van der Waals surface area (Å²) in [6.07, 6.45) is -3.47. The molecule has 1 heterocycles. The Morgan fingerprint density at radius 2 is 1.92 bits per heavy atom. The van der Waals surface area contributed by atoms with E-state index in [1.165, 1.54) is 10.4 Å². The summed E-state index contributed by atoms with van der Waals surface area (Å²) in [7, 11) is -2.19. The third kappa shape index (κ3) is 4.85. The van der Waals surface area contributed by atoms with E-state index in [9.17, 15) is 21.6 Å². The molecule has 25 heavy (non-hydrogen) atoms. The normalized spacial score (nSPS) is 16.9. The van der Waals surface area contributed by atoms with Crippen LogP contribution >= 0.6 is 12.4 Å². The number of nitriles is 1. The summed E-state index contributed by atoms with van der Waals surface area (Å²) in [5.41, 5.74) is -1.81. The van der Waals surface area contributed by atoms with Gasteiger partial charge in [0.1, 0.15) is 0 Å². The number of benzene rings is 1. The molecule has 5 nitrogen and oxygen atoms in total. The quantitative estimate of drug-likeness (QED) is 0.847. The fraction of sp³-hybridized carbons (Fsp3) is 0.533. The van der Waals surface area contributed by atoms with Crippen molar-refractivity contribution in [2.24, 2.45) is 5.92 Å². The number of hydrogen-bond acceptors (Lipinski definition) is 4. The highest BCUT2D eigenvalue weighted by molar-refractivity contribution is 7.89. The molecule has 0 amide bonds. The van der Waals surface area contributed by atoms with Crippen LogP contribution < -0.4 is 5.32 Å². The molecule has 1 aliphatic rings. The van der Waals surface area contributed by atoms with Crippen molar-refractivity contribution < 1.29 is 21.6 Å². The van der Waals surface area contributed by atoms with Crippen molar-refractivity contribution in [3.8, 4) is 6.07 Å². The summed E-state index contributed by atoms with van der Waals surface area (Å²) in [6.45, 7) is 1.33. The van der Waals surface area contributed by atoms with Crippen molar-refractivity contribution in [3.05, 3.63) is 29.3 Å². The summed E-state index contributed by atoms with van der Waals surface area (Å²) in [5, 5.41) is 11.8. The lowest BCUT2D eigenvalue weighted by Crippen LogP contribution is -2.40. The van der Waals surface area contributed by atoms with Crippen LogP contribution in [-0.4, -0.2) is 39.4 Å². The summed E-state index contributed by atoms with van der Waals surface area (Å²) in [5.74, 6) is 0.355. The summed E-state index contributed by atoms with van der Waals surface area (Å²) in [4.78, 5) is -0.430. The highest BCUT2D eigenvalue weighted by Gasteiger charge is 2.36. The number of sulfonamides is 1. The molecule has 0 bridgehead atoms. The van der Waals surface area contributed by atoms with Gasteiger partial charge in [-0.3, -0.25) is 0 Å². The van der Waals surface area contributed by atoms with Crippen LogP contribution in [0, 0.1) is 17.2 Å². The first-order valence-electron chi connectivity index (χ1n) is 7.46. The van der Waals surface area contributed by atoms with Crippen LogP contribution in [0.5, 0.6) is 0 Å². The Hall–Kier alpha value is -1.34. The van der Waals surface area contributed by atoms with E-state index in [1.807, 2.05) is 7.05 Å². The molecule has 1 aromatic carbocycles. The third-order valence-electron chi connectivity index (χ3n) is 4.12. The lowest BCUT2D eigenvalue weighted by atomic mass is 9.98. The Morgan fingerprint density at radius 3 is 2.40 bits per heavy atom. The van der Waals surface area contributed by atoms with Gasteiger partial charge in [-0.1, -0.05) is 0 Å². The molecule has 0 unspecified atom stereocenters. The summed E-state index contributed by atoms with van der Waals surface area (Å²) >= 11 is 0. The van der Waals surface area contributed by atoms with Gasteiger partial charge in [-0.2, -0.15) is 22.7 Å². The van der Waals surface area contributed by atoms with Gasteiger partial charge < -0.3 is 5.32 Å². The minimum absolute atomic E-state index is 0. The van der Waals surface area contributed by atoms with E-state index in [1.54, 1.807) is 0 Å². The zero-order valence-electron chi connectivity index (χ0n) is 13.5. The zero-order valence-corrected chi connectivity index (χ0v) is 15.1. The highest BCUT2D eigenvalue weighted by atomic mass is 35.5. The third-order valence-corrected chi connectivity index (χ3v) is 6.02. The Balaban J connectivity index is 0.00000312. The Bertz CT molecular complexity index is 739.